The first kappa shape index (κ1) is 20.6. The number of amides is 2. The van der Waals surface area contributed by atoms with Gasteiger partial charge in [0.15, 0.2) is 5.13 Å². The minimum Gasteiger partial charge on any atom is -0.496 e. The molecule has 2 aromatic rings. The number of nitrogens with zero attached hydrogens (tertiary/aromatic N) is 2. The number of urea groups is 1. The van der Waals surface area contributed by atoms with Crippen molar-refractivity contribution in [3.8, 4) is 5.75 Å². The number of fused-ring (bicyclic) bond motifs is 1. The van der Waals surface area contributed by atoms with Gasteiger partial charge in [0.05, 0.1) is 24.2 Å². The first-order valence-electron chi connectivity index (χ1n) is 8.91. The third kappa shape index (κ3) is 4.29. The van der Waals surface area contributed by atoms with Gasteiger partial charge >= 0.3 is 6.03 Å². The third-order valence-corrected chi connectivity index (χ3v) is 7.18. The largest absolute Gasteiger partial charge is 0.496 e. The molecule has 1 aromatic heterocycles. The highest BCUT2D eigenvalue weighted by molar-refractivity contribution is 7.89. The van der Waals surface area contributed by atoms with E-state index in [2.05, 4.69) is 15.6 Å². The van der Waals surface area contributed by atoms with Crippen LogP contribution in [0.2, 0.25) is 0 Å². The molecule has 2 amide bonds. The molecule has 1 aliphatic rings. The molecule has 3 rings (SSSR count). The normalized spacial score (nSPS) is 14.6. The molecule has 0 radical (unpaired) electrons. The number of hydrogen-bond acceptors (Lipinski definition) is 6. The van der Waals surface area contributed by atoms with Gasteiger partial charge in [-0.1, -0.05) is 11.3 Å². The van der Waals surface area contributed by atoms with E-state index in [4.69, 9.17) is 4.74 Å². The van der Waals surface area contributed by atoms with Crippen LogP contribution in [0.3, 0.4) is 0 Å². The molecule has 0 aliphatic carbocycles. The Balaban J connectivity index is 1.77. The maximum absolute atomic E-state index is 13.0. The molecule has 10 heteroatoms. The van der Waals surface area contributed by atoms with Crippen LogP contribution in [0.5, 0.6) is 5.75 Å². The van der Waals surface area contributed by atoms with Crippen molar-refractivity contribution in [2.75, 3.05) is 19.0 Å². The number of hydrogen-bond donors (Lipinski definition) is 2. The van der Waals surface area contributed by atoms with Gasteiger partial charge in [0.1, 0.15) is 5.75 Å². The van der Waals surface area contributed by atoms with E-state index in [1.54, 1.807) is 25.3 Å². The number of thiazole rings is 1. The summed E-state index contributed by atoms with van der Waals surface area (Å²) in [5.41, 5.74) is 1.60. The zero-order valence-electron chi connectivity index (χ0n) is 16.3. The average molecular weight is 425 g/mol. The second-order valence-corrected chi connectivity index (χ2v) is 9.88. The number of rotatable bonds is 5. The Morgan fingerprint density at radius 2 is 2.11 bits per heavy atom. The van der Waals surface area contributed by atoms with Crippen LogP contribution in [0.15, 0.2) is 23.1 Å². The summed E-state index contributed by atoms with van der Waals surface area (Å²) in [6.45, 7) is 6.15. The van der Waals surface area contributed by atoms with Crippen molar-refractivity contribution in [3.63, 3.8) is 0 Å². The molecule has 0 unspecified atom stereocenters. The van der Waals surface area contributed by atoms with Crippen LogP contribution in [-0.4, -0.2) is 43.4 Å². The summed E-state index contributed by atoms with van der Waals surface area (Å²) in [6, 6.07) is 4.55. The Morgan fingerprint density at radius 1 is 1.36 bits per heavy atom. The predicted octanol–water partition coefficient (Wildman–Crippen LogP) is 2.74. The van der Waals surface area contributed by atoms with E-state index >= 15 is 0 Å². The predicted molar refractivity (Wildman–Crippen MR) is 108 cm³/mol. The summed E-state index contributed by atoms with van der Waals surface area (Å²) in [4.78, 5) is 17.4. The quantitative estimate of drug-likeness (QED) is 0.769. The molecule has 152 valence electrons. The molecule has 2 N–H and O–H groups in total. The van der Waals surface area contributed by atoms with Crippen molar-refractivity contribution in [2.24, 2.45) is 0 Å². The fraction of sp³-hybridized carbons (Fsp3) is 0.444. The van der Waals surface area contributed by atoms with E-state index in [1.807, 2.05) is 20.8 Å². The number of benzene rings is 1. The van der Waals surface area contributed by atoms with E-state index in [9.17, 15) is 13.2 Å². The Hall–Kier alpha value is -2.17. The van der Waals surface area contributed by atoms with Crippen LogP contribution in [0.1, 0.15) is 30.0 Å². The lowest BCUT2D eigenvalue weighted by Gasteiger charge is -2.25. The van der Waals surface area contributed by atoms with Crippen LogP contribution in [0.4, 0.5) is 9.93 Å². The lowest BCUT2D eigenvalue weighted by atomic mass is 10.2. The molecule has 0 spiro atoms. The molecular weight excluding hydrogens is 400 g/mol. The first-order valence-corrected chi connectivity index (χ1v) is 11.2. The van der Waals surface area contributed by atoms with Gasteiger partial charge in [-0.25, -0.2) is 18.2 Å². The summed E-state index contributed by atoms with van der Waals surface area (Å²) >= 11 is 1.31. The smallest absolute Gasteiger partial charge is 0.321 e. The number of nitrogens with one attached hydrogen (secondary N) is 2. The summed E-state index contributed by atoms with van der Waals surface area (Å²) < 4.78 is 32.7. The average Bonchev–Trinajstić information content (AvgIpc) is 3.01. The fourth-order valence-corrected chi connectivity index (χ4v) is 5.58. The standard InChI is InChI=1S/C18H24N4O4S2/c1-11(2)19-17(23)21-18-20-14-7-8-22(10-16(14)27-18)28(24,25)13-5-6-15(26-4)12(3)9-13/h5-6,9,11H,7-8,10H2,1-4H3,(H2,19,20,21,23). The van der Waals surface area contributed by atoms with Gasteiger partial charge in [-0.15, -0.1) is 0 Å². The van der Waals surface area contributed by atoms with E-state index in [0.29, 0.717) is 23.8 Å². The molecule has 28 heavy (non-hydrogen) atoms. The highest BCUT2D eigenvalue weighted by Crippen LogP contribution is 2.32. The van der Waals surface area contributed by atoms with Gasteiger partial charge in [-0.05, 0) is 44.5 Å². The summed E-state index contributed by atoms with van der Waals surface area (Å²) in [5.74, 6) is 0.651. The highest BCUT2D eigenvalue weighted by atomic mass is 32.2. The monoisotopic (exact) mass is 424 g/mol. The molecule has 0 saturated carbocycles. The number of carbonyl (C=O) groups is 1. The second kappa shape index (κ2) is 8.06. The molecule has 1 aromatic carbocycles. The minimum atomic E-state index is -3.62. The molecule has 0 saturated heterocycles. The molecular formula is C18H24N4O4S2. The van der Waals surface area contributed by atoms with Crippen molar-refractivity contribution < 1.29 is 17.9 Å². The molecule has 2 heterocycles. The zero-order valence-corrected chi connectivity index (χ0v) is 17.9. The van der Waals surface area contributed by atoms with E-state index in [-0.39, 0.29) is 23.5 Å². The van der Waals surface area contributed by atoms with Crippen molar-refractivity contribution in [1.29, 1.82) is 0 Å². The summed E-state index contributed by atoms with van der Waals surface area (Å²) in [6.07, 6.45) is 0.508. The Morgan fingerprint density at radius 3 is 2.75 bits per heavy atom. The van der Waals surface area contributed by atoms with E-state index < -0.39 is 10.0 Å². The zero-order chi connectivity index (χ0) is 20.5. The van der Waals surface area contributed by atoms with Crippen molar-refractivity contribution in [3.05, 3.63) is 34.3 Å². The first-order chi connectivity index (χ1) is 13.2. The lowest BCUT2D eigenvalue weighted by molar-refractivity contribution is 0.250. The molecule has 0 atom stereocenters. The van der Waals surface area contributed by atoms with Crippen LogP contribution in [0, 0.1) is 6.92 Å². The van der Waals surface area contributed by atoms with Gasteiger partial charge < -0.3 is 10.1 Å². The Labute approximate surface area is 169 Å². The third-order valence-electron chi connectivity index (χ3n) is 4.34. The number of carbonyl (C=O) groups excluding carboxylic acids is 1. The topological polar surface area (TPSA) is 101 Å². The van der Waals surface area contributed by atoms with Gasteiger partial charge in [-0.3, -0.25) is 5.32 Å². The lowest BCUT2D eigenvalue weighted by Crippen LogP contribution is -2.35. The van der Waals surface area contributed by atoms with Gasteiger partial charge in [0.2, 0.25) is 10.0 Å². The van der Waals surface area contributed by atoms with Gasteiger partial charge in [-0.2, -0.15) is 4.31 Å². The Bertz CT molecular complexity index is 985. The number of aryl methyl sites for hydroxylation is 1. The number of anilines is 1. The molecule has 0 fully saturated rings. The summed E-state index contributed by atoms with van der Waals surface area (Å²) in [5, 5.41) is 5.93. The second-order valence-electron chi connectivity index (χ2n) is 6.86. The summed E-state index contributed by atoms with van der Waals surface area (Å²) in [7, 11) is -2.07. The molecule has 8 nitrogen and oxygen atoms in total. The van der Waals surface area contributed by atoms with Crippen molar-refractivity contribution in [1.82, 2.24) is 14.6 Å². The number of sulfonamides is 1. The van der Waals surface area contributed by atoms with Crippen molar-refractivity contribution in [2.45, 2.75) is 44.7 Å². The number of aromatic nitrogens is 1. The molecule has 1 aliphatic heterocycles. The SMILES string of the molecule is COc1ccc(S(=O)(=O)N2CCc3nc(NC(=O)NC(C)C)sc3C2)cc1C. The van der Waals surface area contributed by atoms with Crippen LogP contribution < -0.4 is 15.4 Å². The molecule has 0 bridgehead atoms. The van der Waals surface area contributed by atoms with Crippen LogP contribution in [0.25, 0.3) is 0 Å². The van der Waals surface area contributed by atoms with Gasteiger partial charge in [0, 0.05) is 23.9 Å². The minimum absolute atomic E-state index is 0.0168. The maximum Gasteiger partial charge on any atom is 0.321 e. The Kier molecular flexibility index (Phi) is 5.92. The van der Waals surface area contributed by atoms with E-state index in [0.717, 1.165) is 16.1 Å². The highest BCUT2D eigenvalue weighted by Gasteiger charge is 2.31. The van der Waals surface area contributed by atoms with Crippen molar-refractivity contribution >= 4 is 32.5 Å². The number of methoxy groups -OCH3 is 1. The van der Waals surface area contributed by atoms with Gasteiger partial charge in [0.25, 0.3) is 0 Å². The number of ether oxygens (including phenoxy) is 1. The maximum atomic E-state index is 13.0. The van der Waals surface area contributed by atoms with E-state index in [1.165, 1.54) is 15.6 Å². The van der Waals surface area contributed by atoms with Crippen LogP contribution >= 0.6 is 11.3 Å². The fourth-order valence-electron chi connectivity index (χ4n) is 2.99. The van der Waals surface area contributed by atoms with Crippen LogP contribution in [-0.2, 0) is 23.0 Å².